The maximum atomic E-state index is 11.9. The Bertz CT molecular complexity index is 425. The summed E-state index contributed by atoms with van der Waals surface area (Å²) in [6.45, 7) is 8.63. The van der Waals surface area contributed by atoms with E-state index >= 15 is 0 Å². The molecule has 0 aliphatic carbocycles. The highest BCUT2D eigenvalue weighted by Crippen LogP contribution is 2.10. The summed E-state index contributed by atoms with van der Waals surface area (Å²) in [7, 11) is 1.80. The molecule has 0 aliphatic rings. The normalized spacial score (nSPS) is 11.4. The first-order chi connectivity index (χ1) is 8.36. The third-order valence-electron chi connectivity index (χ3n) is 3.37. The van der Waals surface area contributed by atoms with Crippen LogP contribution in [0, 0.1) is 13.8 Å². The fourth-order valence-corrected chi connectivity index (χ4v) is 1.77. The molecule has 0 saturated carbocycles. The first-order valence-electron chi connectivity index (χ1n) is 6.40. The molecule has 0 fully saturated rings. The number of benzene rings is 1. The van der Waals surface area contributed by atoms with Gasteiger partial charge in [-0.15, -0.1) is 0 Å². The van der Waals surface area contributed by atoms with E-state index in [1.807, 2.05) is 13.8 Å². The van der Waals surface area contributed by atoms with Crippen LogP contribution in [0.3, 0.4) is 0 Å². The van der Waals surface area contributed by atoms with Gasteiger partial charge >= 0.3 is 0 Å². The zero-order chi connectivity index (χ0) is 13.8. The molecule has 3 heteroatoms. The molecule has 18 heavy (non-hydrogen) atoms. The minimum atomic E-state index is -0.512. The molecule has 3 nitrogen and oxygen atoms in total. The van der Waals surface area contributed by atoms with Gasteiger partial charge in [-0.3, -0.25) is 4.79 Å². The second-order valence-electron chi connectivity index (χ2n) is 5.31. The lowest BCUT2D eigenvalue weighted by atomic mass is 10.0. The fraction of sp³-hybridized carbons (Fsp3) is 0.533. The van der Waals surface area contributed by atoms with E-state index in [1.54, 1.807) is 7.05 Å². The van der Waals surface area contributed by atoms with Crippen molar-refractivity contribution in [1.29, 1.82) is 0 Å². The largest absolute Gasteiger partial charge is 0.354 e. The summed E-state index contributed by atoms with van der Waals surface area (Å²) in [4.78, 5) is 11.9. The first-order valence-corrected chi connectivity index (χ1v) is 6.40. The molecule has 0 spiro atoms. The monoisotopic (exact) mass is 248 g/mol. The van der Waals surface area contributed by atoms with Crippen molar-refractivity contribution in [2.75, 3.05) is 13.6 Å². The minimum absolute atomic E-state index is 0.0368. The van der Waals surface area contributed by atoms with Crippen molar-refractivity contribution in [3.8, 4) is 0 Å². The van der Waals surface area contributed by atoms with Crippen LogP contribution in [0.15, 0.2) is 18.2 Å². The van der Waals surface area contributed by atoms with Crippen molar-refractivity contribution < 1.29 is 4.79 Å². The van der Waals surface area contributed by atoms with Crippen molar-refractivity contribution in [1.82, 2.24) is 10.6 Å². The highest BCUT2D eigenvalue weighted by Gasteiger charge is 2.24. The Kier molecular flexibility index (Phi) is 4.91. The maximum Gasteiger partial charge on any atom is 0.239 e. The molecule has 0 radical (unpaired) electrons. The molecule has 0 saturated heterocycles. The van der Waals surface area contributed by atoms with Crippen LogP contribution in [0.4, 0.5) is 0 Å². The van der Waals surface area contributed by atoms with Crippen LogP contribution in [0.1, 0.15) is 30.5 Å². The smallest absolute Gasteiger partial charge is 0.239 e. The predicted molar refractivity (Wildman–Crippen MR) is 75.8 cm³/mol. The summed E-state index contributed by atoms with van der Waals surface area (Å²) in [6, 6.07) is 6.43. The SMILES string of the molecule is CNC(C)(C)C(=O)NCCc1ccc(C)cc1C. The topological polar surface area (TPSA) is 41.1 Å². The number of rotatable bonds is 5. The standard InChI is InChI=1S/C15H24N2O/c1-11-6-7-13(12(2)10-11)8-9-17-14(18)15(3,4)16-5/h6-7,10,16H,8-9H2,1-5H3,(H,17,18). The zero-order valence-electron chi connectivity index (χ0n) is 12.1. The van der Waals surface area contributed by atoms with Crippen LogP contribution < -0.4 is 10.6 Å². The Hall–Kier alpha value is -1.35. The highest BCUT2D eigenvalue weighted by atomic mass is 16.2. The molecule has 0 bridgehead atoms. The van der Waals surface area contributed by atoms with Gasteiger partial charge in [0.2, 0.25) is 5.91 Å². The van der Waals surface area contributed by atoms with E-state index in [1.165, 1.54) is 16.7 Å². The van der Waals surface area contributed by atoms with Gasteiger partial charge in [-0.25, -0.2) is 0 Å². The van der Waals surface area contributed by atoms with E-state index in [2.05, 4.69) is 42.7 Å². The highest BCUT2D eigenvalue weighted by molar-refractivity contribution is 5.85. The Labute approximate surface area is 110 Å². The summed E-state index contributed by atoms with van der Waals surface area (Å²) in [5.41, 5.74) is 3.35. The Balaban J connectivity index is 2.50. The summed E-state index contributed by atoms with van der Waals surface area (Å²) < 4.78 is 0. The molecule has 0 heterocycles. The van der Waals surface area contributed by atoms with Crippen LogP contribution in [-0.2, 0) is 11.2 Å². The molecule has 100 valence electrons. The van der Waals surface area contributed by atoms with E-state index in [4.69, 9.17) is 0 Å². The number of nitrogens with one attached hydrogen (secondary N) is 2. The Morgan fingerprint density at radius 3 is 2.50 bits per heavy atom. The molecule has 0 atom stereocenters. The molecule has 1 aromatic rings. The molecular weight excluding hydrogens is 224 g/mol. The van der Waals surface area contributed by atoms with Crippen molar-refractivity contribution >= 4 is 5.91 Å². The molecule has 1 aromatic carbocycles. The molecule has 1 rings (SSSR count). The van der Waals surface area contributed by atoms with E-state index in [0.717, 1.165) is 6.42 Å². The number of amides is 1. The van der Waals surface area contributed by atoms with E-state index in [0.29, 0.717) is 6.54 Å². The molecule has 0 aliphatic heterocycles. The van der Waals surface area contributed by atoms with E-state index in [9.17, 15) is 4.79 Å². The van der Waals surface area contributed by atoms with Gasteiger partial charge < -0.3 is 10.6 Å². The second-order valence-corrected chi connectivity index (χ2v) is 5.31. The summed E-state index contributed by atoms with van der Waals surface area (Å²) in [5.74, 6) is 0.0368. The maximum absolute atomic E-state index is 11.9. The fourth-order valence-electron chi connectivity index (χ4n) is 1.77. The molecule has 1 amide bonds. The van der Waals surface area contributed by atoms with Gasteiger partial charge in [-0.1, -0.05) is 23.8 Å². The lowest BCUT2D eigenvalue weighted by Crippen LogP contribution is -2.51. The van der Waals surface area contributed by atoms with Crippen LogP contribution >= 0.6 is 0 Å². The Morgan fingerprint density at radius 2 is 1.94 bits per heavy atom. The van der Waals surface area contributed by atoms with Crippen molar-refractivity contribution in [3.63, 3.8) is 0 Å². The van der Waals surface area contributed by atoms with Crippen LogP contribution in [-0.4, -0.2) is 25.0 Å². The zero-order valence-corrected chi connectivity index (χ0v) is 12.1. The number of carbonyl (C=O) groups is 1. The average molecular weight is 248 g/mol. The number of hydrogen-bond donors (Lipinski definition) is 2. The number of aryl methyl sites for hydroxylation is 2. The van der Waals surface area contributed by atoms with E-state index in [-0.39, 0.29) is 5.91 Å². The molecule has 0 unspecified atom stereocenters. The molecule has 0 aromatic heterocycles. The quantitative estimate of drug-likeness (QED) is 0.836. The van der Waals surface area contributed by atoms with Gasteiger partial charge in [0.1, 0.15) is 0 Å². The van der Waals surface area contributed by atoms with Gasteiger partial charge in [0.05, 0.1) is 5.54 Å². The van der Waals surface area contributed by atoms with Crippen LogP contribution in [0.2, 0.25) is 0 Å². The van der Waals surface area contributed by atoms with Crippen LogP contribution in [0.25, 0.3) is 0 Å². The van der Waals surface area contributed by atoms with Gasteiger partial charge in [0, 0.05) is 6.54 Å². The van der Waals surface area contributed by atoms with Crippen LogP contribution in [0.5, 0.6) is 0 Å². The van der Waals surface area contributed by atoms with Gasteiger partial charge in [-0.2, -0.15) is 0 Å². The minimum Gasteiger partial charge on any atom is -0.354 e. The summed E-state index contributed by atoms with van der Waals surface area (Å²) in [6.07, 6.45) is 0.873. The summed E-state index contributed by atoms with van der Waals surface area (Å²) in [5, 5.41) is 5.96. The number of hydrogen-bond acceptors (Lipinski definition) is 2. The van der Waals surface area contributed by atoms with Crippen molar-refractivity contribution in [2.45, 2.75) is 39.7 Å². The predicted octanol–water partition coefficient (Wildman–Crippen LogP) is 1.96. The van der Waals surface area contributed by atoms with Crippen molar-refractivity contribution in [3.05, 3.63) is 34.9 Å². The lowest BCUT2D eigenvalue weighted by molar-refractivity contribution is -0.126. The second kappa shape index (κ2) is 6.01. The third-order valence-corrected chi connectivity index (χ3v) is 3.37. The molecular formula is C15H24N2O. The Morgan fingerprint density at radius 1 is 1.28 bits per heavy atom. The molecule has 2 N–H and O–H groups in total. The number of likely N-dealkylation sites (N-methyl/N-ethyl adjacent to an activating group) is 1. The van der Waals surface area contributed by atoms with Gasteiger partial charge in [0.15, 0.2) is 0 Å². The van der Waals surface area contributed by atoms with E-state index < -0.39 is 5.54 Å². The lowest BCUT2D eigenvalue weighted by Gasteiger charge is -2.22. The first kappa shape index (κ1) is 14.7. The average Bonchev–Trinajstić information content (AvgIpc) is 2.31. The van der Waals surface area contributed by atoms with Gasteiger partial charge in [0.25, 0.3) is 0 Å². The van der Waals surface area contributed by atoms with Gasteiger partial charge in [-0.05, 0) is 52.3 Å². The number of carbonyl (C=O) groups excluding carboxylic acids is 1. The third kappa shape index (κ3) is 3.84. The van der Waals surface area contributed by atoms with Crippen molar-refractivity contribution in [2.24, 2.45) is 0 Å². The summed E-state index contributed by atoms with van der Waals surface area (Å²) >= 11 is 0.